The topological polar surface area (TPSA) is 53.3 Å². The van der Waals surface area contributed by atoms with Crippen LogP contribution in [0.15, 0.2) is 24.3 Å². The molecule has 2 unspecified atom stereocenters. The van der Waals surface area contributed by atoms with Gasteiger partial charge in [-0.3, -0.25) is 10.3 Å². The Morgan fingerprint density at radius 2 is 2.09 bits per heavy atom. The lowest BCUT2D eigenvalue weighted by molar-refractivity contribution is 0.0688. The number of nitrogens with one attached hydrogen (secondary N) is 2. The summed E-state index contributed by atoms with van der Waals surface area (Å²) in [6, 6.07) is 6.77. The molecule has 0 bridgehead atoms. The molecule has 2 atom stereocenters. The Bertz CT molecular complexity index is 623. The summed E-state index contributed by atoms with van der Waals surface area (Å²) >= 11 is 0. The number of benzene rings is 1. The molecule has 0 amide bonds. The molecule has 5 heteroatoms. The summed E-state index contributed by atoms with van der Waals surface area (Å²) in [6.45, 7) is 6.06. The minimum absolute atomic E-state index is 0.0919. The van der Waals surface area contributed by atoms with Crippen LogP contribution in [0, 0.1) is 17.7 Å². The van der Waals surface area contributed by atoms with E-state index in [1.807, 2.05) is 6.07 Å². The molecule has 23 heavy (non-hydrogen) atoms. The van der Waals surface area contributed by atoms with Gasteiger partial charge < -0.3 is 5.73 Å². The van der Waals surface area contributed by atoms with E-state index in [1.165, 1.54) is 12.1 Å². The van der Waals surface area contributed by atoms with Crippen molar-refractivity contribution in [2.75, 3.05) is 13.1 Å². The number of likely N-dealkylation sites (tertiary alicyclic amines) is 1. The van der Waals surface area contributed by atoms with Crippen molar-refractivity contribution in [2.45, 2.75) is 50.4 Å². The third-order valence-corrected chi connectivity index (χ3v) is 4.81. The average molecular weight is 316 g/mol. The summed E-state index contributed by atoms with van der Waals surface area (Å²) in [5.74, 6) is 6.25. The highest BCUT2D eigenvalue weighted by atomic mass is 19.1. The van der Waals surface area contributed by atoms with E-state index in [9.17, 15) is 4.39 Å². The Morgan fingerprint density at radius 3 is 2.70 bits per heavy atom. The molecule has 124 valence electrons. The lowest BCUT2D eigenvalue weighted by atomic mass is 9.88. The van der Waals surface area contributed by atoms with Gasteiger partial charge in [-0.15, -0.1) is 0 Å². The highest BCUT2D eigenvalue weighted by Gasteiger charge is 2.43. The number of halogens is 1. The van der Waals surface area contributed by atoms with Gasteiger partial charge in [0.05, 0.1) is 0 Å². The van der Waals surface area contributed by atoms with E-state index in [1.54, 1.807) is 6.07 Å². The molecular weight excluding hydrogens is 291 g/mol. The number of hydrazine groups is 1. The van der Waals surface area contributed by atoms with Crippen LogP contribution in [0.3, 0.4) is 0 Å². The van der Waals surface area contributed by atoms with E-state index in [-0.39, 0.29) is 11.4 Å². The first-order valence-electron chi connectivity index (χ1n) is 8.24. The van der Waals surface area contributed by atoms with Crippen molar-refractivity contribution in [1.29, 1.82) is 0 Å². The van der Waals surface area contributed by atoms with Crippen molar-refractivity contribution in [2.24, 2.45) is 5.73 Å². The van der Waals surface area contributed by atoms with E-state index < -0.39 is 5.66 Å². The minimum Gasteiger partial charge on any atom is -0.325 e. The Morgan fingerprint density at radius 1 is 1.35 bits per heavy atom. The molecule has 0 aromatic heterocycles. The maximum absolute atomic E-state index is 13.3. The summed E-state index contributed by atoms with van der Waals surface area (Å²) in [6.07, 6.45) is 2.79. The molecule has 4 nitrogen and oxygen atoms in total. The first kappa shape index (κ1) is 16.4. The fourth-order valence-corrected chi connectivity index (χ4v) is 3.30. The fourth-order valence-electron chi connectivity index (χ4n) is 3.30. The van der Waals surface area contributed by atoms with Crippen LogP contribution in [0.2, 0.25) is 0 Å². The van der Waals surface area contributed by atoms with Crippen molar-refractivity contribution in [1.82, 2.24) is 15.8 Å². The second-order valence-corrected chi connectivity index (χ2v) is 7.14. The Hall–Kier alpha value is -1.45. The smallest absolute Gasteiger partial charge is 0.149 e. The normalized spacial score (nSPS) is 30.7. The predicted octanol–water partition coefficient (Wildman–Crippen LogP) is 1.57. The first-order chi connectivity index (χ1) is 10.9. The van der Waals surface area contributed by atoms with Gasteiger partial charge in [-0.2, -0.15) is 0 Å². The van der Waals surface area contributed by atoms with Crippen molar-refractivity contribution in [3.05, 3.63) is 35.6 Å². The standard InChI is InChI=1S/C18H25FN4/c1-14-13-18(22-21-14,23-10-8-17(2,20)9-11-23)7-6-15-4-3-5-16(19)12-15/h3-5,12,14,21-22H,8-11,13,20H2,1-2H3. The SMILES string of the molecule is CC1CC(C#Cc2cccc(F)c2)(N2CCC(C)(N)CC2)NN1. The number of hydrogen-bond acceptors (Lipinski definition) is 4. The number of nitrogens with two attached hydrogens (primary N) is 1. The Labute approximate surface area is 137 Å². The molecule has 2 fully saturated rings. The molecule has 4 N–H and O–H groups in total. The molecule has 3 rings (SSSR count). The van der Waals surface area contributed by atoms with Crippen LogP contribution < -0.4 is 16.6 Å². The zero-order valence-corrected chi connectivity index (χ0v) is 13.8. The molecule has 0 spiro atoms. The monoisotopic (exact) mass is 316 g/mol. The van der Waals surface area contributed by atoms with Gasteiger partial charge in [0.15, 0.2) is 0 Å². The number of piperidine rings is 1. The summed E-state index contributed by atoms with van der Waals surface area (Å²) in [4.78, 5) is 2.37. The molecule has 2 aliphatic rings. The molecule has 1 aromatic carbocycles. The van der Waals surface area contributed by atoms with Gasteiger partial charge in [-0.25, -0.2) is 9.82 Å². The lowest BCUT2D eigenvalue weighted by Crippen LogP contribution is -2.61. The quantitative estimate of drug-likeness (QED) is 0.689. The molecular formula is C18H25FN4. The minimum atomic E-state index is -0.414. The highest BCUT2D eigenvalue weighted by Crippen LogP contribution is 2.29. The summed E-state index contributed by atoms with van der Waals surface area (Å²) in [7, 11) is 0. The predicted molar refractivity (Wildman–Crippen MR) is 89.8 cm³/mol. The second kappa shape index (κ2) is 6.21. The van der Waals surface area contributed by atoms with E-state index in [0.717, 1.165) is 32.4 Å². The van der Waals surface area contributed by atoms with Gasteiger partial charge in [0.2, 0.25) is 0 Å². The Kier molecular flexibility index (Phi) is 4.43. The highest BCUT2D eigenvalue weighted by molar-refractivity contribution is 5.37. The van der Waals surface area contributed by atoms with Crippen molar-refractivity contribution in [3.8, 4) is 11.8 Å². The molecule has 1 aromatic rings. The molecule has 2 aliphatic heterocycles. The van der Waals surface area contributed by atoms with Crippen LogP contribution in [0.5, 0.6) is 0 Å². The van der Waals surface area contributed by atoms with Gasteiger partial charge in [0.25, 0.3) is 0 Å². The molecule has 2 saturated heterocycles. The maximum atomic E-state index is 13.3. The van der Waals surface area contributed by atoms with Crippen molar-refractivity contribution < 1.29 is 4.39 Å². The zero-order chi connectivity index (χ0) is 16.5. The summed E-state index contributed by atoms with van der Waals surface area (Å²) in [5, 5.41) is 0. The third kappa shape index (κ3) is 3.73. The Balaban J connectivity index is 1.84. The first-order valence-corrected chi connectivity index (χ1v) is 8.24. The number of nitrogens with zero attached hydrogens (tertiary/aromatic N) is 1. The summed E-state index contributed by atoms with van der Waals surface area (Å²) < 4.78 is 13.3. The molecule has 2 heterocycles. The number of rotatable bonds is 1. The lowest BCUT2D eigenvalue weighted by Gasteiger charge is -2.44. The van der Waals surface area contributed by atoms with Crippen LogP contribution in [0.1, 0.15) is 38.7 Å². The molecule has 0 radical (unpaired) electrons. The van der Waals surface area contributed by atoms with E-state index in [2.05, 4.69) is 41.4 Å². The summed E-state index contributed by atoms with van der Waals surface area (Å²) in [5.41, 5.74) is 13.1. The van der Waals surface area contributed by atoms with Gasteiger partial charge in [0.1, 0.15) is 11.5 Å². The molecule has 0 saturated carbocycles. The van der Waals surface area contributed by atoms with Crippen LogP contribution in [-0.4, -0.2) is 35.2 Å². The fraction of sp³-hybridized carbons (Fsp3) is 0.556. The van der Waals surface area contributed by atoms with Crippen LogP contribution in [0.25, 0.3) is 0 Å². The second-order valence-electron chi connectivity index (χ2n) is 7.14. The maximum Gasteiger partial charge on any atom is 0.149 e. The van der Waals surface area contributed by atoms with Gasteiger partial charge in [-0.1, -0.05) is 17.9 Å². The largest absolute Gasteiger partial charge is 0.325 e. The van der Waals surface area contributed by atoms with E-state index >= 15 is 0 Å². The van der Waals surface area contributed by atoms with Crippen molar-refractivity contribution >= 4 is 0 Å². The van der Waals surface area contributed by atoms with E-state index in [0.29, 0.717) is 11.6 Å². The van der Waals surface area contributed by atoms with Crippen LogP contribution in [-0.2, 0) is 0 Å². The van der Waals surface area contributed by atoms with Gasteiger partial charge in [0, 0.05) is 36.7 Å². The third-order valence-electron chi connectivity index (χ3n) is 4.81. The zero-order valence-electron chi connectivity index (χ0n) is 13.8. The average Bonchev–Trinajstić information content (AvgIpc) is 2.88. The van der Waals surface area contributed by atoms with E-state index in [4.69, 9.17) is 5.73 Å². The number of hydrogen-bond donors (Lipinski definition) is 3. The molecule has 0 aliphatic carbocycles. The van der Waals surface area contributed by atoms with Crippen molar-refractivity contribution in [3.63, 3.8) is 0 Å². The van der Waals surface area contributed by atoms with Gasteiger partial charge in [-0.05, 0) is 44.9 Å². The van der Waals surface area contributed by atoms with Gasteiger partial charge >= 0.3 is 0 Å². The van der Waals surface area contributed by atoms with Crippen LogP contribution >= 0.6 is 0 Å². The van der Waals surface area contributed by atoms with Crippen LogP contribution in [0.4, 0.5) is 4.39 Å².